The average molecular weight is 414 g/mol. The number of hydrogen-bond donors (Lipinski definition) is 2. The fourth-order valence-corrected chi connectivity index (χ4v) is 4.66. The van der Waals surface area contributed by atoms with Crippen LogP contribution in [0.15, 0.2) is 17.6 Å². The van der Waals surface area contributed by atoms with Gasteiger partial charge < -0.3 is 10.2 Å². The number of aromatic nitrogens is 1. The van der Waals surface area contributed by atoms with Gasteiger partial charge in [-0.15, -0.1) is 11.3 Å². The highest BCUT2D eigenvalue weighted by Crippen LogP contribution is 2.34. The highest BCUT2D eigenvalue weighted by atomic mass is 127. The van der Waals surface area contributed by atoms with Crippen LogP contribution in [0.25, 0.3) is 10.2 Å². The molecule has 21 heavy (non-hydrogen) atoms. The fourth-order valence-electron chi connectivity index (χ4n) is 2.94. The Morgan fingerprint density at radius 1 is 1.38 bits per heavy atom. The number of benzene rings is 1. The molecule has 8 heteroatoms. The van der Waals surface area contributed by atoms with Crippen LogP contribution in [-0.2, 0) is 4.79 Å². The third kappa shape index (κ3) is 2.00. The van der Waals surface area contributed by atoms with Gasteiger partial charge in [-0.2, -0.15) is 0 Å². The smallest absolute Gasteiger partial charge is 0.322 e. The Morgan fingerprint density at radius 2 is 2.24 bits per heavy atom. The first-order chi connectivity index (χ1) is 10.1. The van der Waals surface area contributed by atoms with Gasteiger partial charge in [-0.1, -0.05) is 0 Å². The number of carbonyl (C=O) groups excluding carboxylic acids is 2. The maximum Gasteiger partial charge on any atom is 0.322 e. The number of hydrogen-bond acceptors (Lipinski definition) is 5. The average Bonchev–Trinajstić information content (AvgIpc) is 3.10. The lowest BCUT2D eigenvalue weighted by atomic mass is 9.99. The number of anilines is 1. The van der Waals surface area contributed by atoms with Crippen LogP contribution in [0.3, 0.4) is 0 Å². The summed E-state index contributed by atoms with van der Waals surface area (Å²) in [5.41, 5.74) is 3.09. The number of fused-ring (bicyclic) bond motifs is 1. The second-order valence-corrected chi connectivity index (χ2v) is 7.33. The largest absolute Gasteiger partial charge is 0.368 e. The van der Waals surface area contributed by atoms with Gasteiger partial charge >= 0.3 is 6.03 Å². The molecular formula is C13H11IN4O2S. The van der Waals surface area contributed by atoms with E-state index in [1.807, 2.05) is 5.51 Å². The molecule has 0 bridgehead atoms. The lowest BCUT2D eigenvalue weighted by Crippen LogP contribution is -2.49. The van der Waals surface area contributed by atoms with Crippen LogP contribution in [0, 0.1) is 3.57 Å². The molecule has 1 aromatic carbocycles. The van der Waals surface area contributed by atoms with Crippen LogP contribution >= 0.6 is 33.9 Å². The zero-order valence-electron chi connectivity index (χ0n) is 10.9. The van der Waals surface area contributed by atoms with E-state index in [1.54, 1.807) is 11.3 Å². The maximum atomic E-state index is 12.0. The predicted octanol–water partition coefficient (Wildman–Crippen LogP) is 1.69. The summed E-state index contributed by atoms with van der Waals surface area (Å²) < 4.78 is 2.29. The van der Waals surface area contributed by atoms with Gasteiger partial charge in [-0.05, 0) is 41.1 Å². The Balaban J connectivity index is 1.69. The van der Waals surface area contributed by atoms with E-state index >= 15 is 0 Å². The number of thiazole rings is 1. The van der Waals surface area contributed by atoms with Crippen molar-refractivity contribution in [1.82, 2.24) is 15.6 Å². The second kappa shape index (κ2) is 4.54. The lowest BCUT2D eigenvalue weighted by Gasteiger charge is -2.23. The molecule has 0 saturated carbocycles. The molecule has 2 fully saturated rings. The van der Waals surface area contributed by atoms with Crippen LogP contribution in [0.5, 0.6) is 0 Å². The van der Waals surface area contributed by atoms with Crippen molar-refractivity contribution in [2.45, 2.75) is 12.0 Å². The van der Waals surface area contributed by atoms with E-state index in [4.69, 9.17) is 0 Å². The molecule has 1 aromatic heterocycles. The number of halogens is 1. The number of imide groups is 1. The van der Waals surface area contributed by atoms with Crippen molar-refractivity contribution in [2.75, 3.05) is 18.0 Å². The van der Waals surface area contributed by atoms with Crippen molar-refractivity contribution in [3.8, 4) is 0 Å². The van der Waals surface area contributed by atoms with Gasteiger partial charge in [0.2, 0.25) is 0 Å². The summed E-state index contributed by atoms with van der Waals surface area (Å²) in [4.78, 5) is 29.9. The van der Waals surface area contributed by atoms with Crippen LogP contribution in [0.2, 0.25) is 0 Å². The number of carbonyl (C=O) groups is 2. The first-order valence-electron chi connectivity index (χ1n) is 6.49. The molecule has 3 amide bonds. The number of rotatable bonds is 1. The molecule has 2 aliphatic heterocycles. The molecule has 1 spiro atoms. The zero-order valence-corrected chi connectivity index (χ0v) is 13.8. The summed E-state index contributed by atoms with van der Waals surface area (Å²) in [6, 6.07) is 3.77. The summed E-state index contributed by atoms with van der Waals surface area (Å²) in [6.07, 6.45) is 0.621. The van der Waals surface area contributed by atoms with E-state index in [9.17, 15) is 9.59 Å². The number of amides is 3. The summed E-state index contributed by atoms with van der Waals surface area (Å²) in [6.45, 7) is 1.23. The molecule has 108 valence electrons. The Bertz CT molecular complexity index is 777. The van der Waals surface area contributed by atoms with E-state index in [-0.39, 0.29) is 5.91 Å². The lowest BCUT2D eigenvalue weighted by molar-refractivity contribution is -0.123. The zero-order chi connectivity index (χ0) is 14.6. The third-order valence-electron chi connectivity index (χ3n) is 4.02. The van der Waals surface area contributed by atoms with Gasteiger partial charge in [-0.3, -0.25) is 10.1 Å². The molecule has 2 saturated heterocycles. The van der Waals surface area contributed by atoms with Gasteiger partial charge in [0.25, 0.3) is 5.91 Å². The summed E-state index contributed by atoms with van der Waals surface area (Å²) in [7, 11) is 0. The minimum atomic E-state index is -0.781. The van der Waals surface area contributed by atoms with E-state index < -0.39 is 11.6 Å². The van der Waals surface area contributed by atoms with E-state index in [0.29, 0.717) is 13.0 Å². The quantitative estimate of drug-likeness (QED) is 0.551. The standard InChI is InChI=1S/C13H11IN4O2S/c14-7-3-10-8(15-6-21-10)4-9(7)18-2-1-13(5-18)11(19)16-12(20)17-13/h3-4,6H,1-2,5H2,(H2,16,17,19,20). The Hall–Kier alpha value is -1.42. The topological polar surface area (TPSA) is 74.3 Å². The van der Waals surface area contributed by atoms with Crippen molar-refractivity contribution < 1.29 is 9.59 Å². The van der Waals surface area contributed by atoms with Crippen molar-refractivity contribution in [1.29, 1.82) is 0 Å². The van der Waals surface area contributed by atoms with Gasteiger partial charge in [0.1, 0.15) is 5.54 Å². The Morgan fingerprint density at radius 3 is 3.00 bits per heavy atom. The molecule has 1 unspecified atom stereocenters. The molecule has 0 radical (unpaired) electrons. The van der Waals surface area contributed by atoms with Crippen molar-refractivity contribution in [2.24, 2.45) is 0 Å². The molecule has 6 nitrogen and oxygen atoms in total. The van der Waals surface area contributed by atoms with Gasteiger partial charge in [0.05, 0.1) is 28.0 Å². The van der Waals surface area contributed by atoms with E-state index in [0.717, 1.165) is 26.0 Å². The molecule has 1 atom stereocenters. The minimum absolute atomic E-state index is 0.222. The molecule has 3 heterocycles. The molecule has 4 rings (SSSR count). The summed E-state index contributed by atoms with van der Waals surface area (Å²) >= 11 is 3.92. The molecule has 2 N–H and O–H groups in total. The number of nitrogens with zero attached hydrogens (tertiary/aromatic N) is 2. The highest BCUT2D eigenvalue weighted by Gasteiger charge is 2.50. The van der Waals surface area contributed by atoms with Crippen LogP contribution in [-0.4, -0.2) is 35.6 Å². The van der Waals surface area contributed by atoms with E-state index in [2.05, 4.69) is 55.2 Å². The van der Waals surface area contributed by atoms with Crippen LogP contribution in [0.4, 0.5) is 10.5 Å². The van der Waals surface area contributed by atoms with Crippen LogP contribution in [0.1, 0.15) is 6.42 Å². The van der Waals surface area contributed by atoms with E-state index in [1.165, 1.54) is 0 Å². The highest BCUT2D eigenvalue weighted by molar-refractivity contribution is 14.1. The SMILES string of the molecule is O=C1NC(=O)C2(CCN(c3cc4ncsc4cc3I)C2)N1. The molecule has 0 aliphatic carbocycles. The maximum absolute atomic E-state index is 12.0. The first kappa shape index (κ1) is 13.3. The normalized spacial score (nSPS) is 24.9. The fraction of sp³-hybridized carbons (Fsp3) is 0.308. The van der Waals surface area contributed by atoms with Crippen molar-refractivity contribution in [3.63, 3.8) is 0 Å². The summed E-state index contributed by atoms with van der Waals surface area (Å²) in [5.74, 6) is -0.222. The van der Waals surface area contributed by atoms with Crippen molar-refractivity contribution >= 4 is 61.8 Å². The Labute approximate surface area is 138 Å². The van der Waals surface area contributed by atoms with Crippen molar-refractivity contribution in [3.05, 3.63) is 21.2 Å². The monoisotopic (exact) mass is 414 g/mol. The second-order valence-electron chi connectivity index (χ2n) is 5.29. The summed E-state index contributed by atoms with van der Waals surface area (Å²) in [5, 5.41) is 5.11. The minimum Gasteiger partial charge on any atom is -0.368 e. The van der Waals surface area contributed by atoms with Gasteiger partial charge in [0.15, 0.2) is 0 Å². The van der Waals surface area contributed by atoms with Gasteiger partial charge in [-0.25, -0.2) is 9.78 Å². The third-order valence-corrected chi connectivity index (χ3v) is 5.68. The molecular weight excluding hydrogens is 403 g/mol. The molecule has 2 aliphatic rings. The molecule has 2 aromatic rings. The number of urea groups is 1. The van der Waals surface area contributed by atoms with Gasteiger partial charge in [0, 0.05) is 10.1 Å². The Kier molecular flexibility index (Phi) is 2.86. The van der Waals surface area contributed by atoms with Crippen LogP contribution < -0.4 is 15.5 Å². The predicted molar refractivity (Wildman–Crippen MR) is 88.6 cm³/mol. The first-order valence-corrected chi connectivity index (χ1v) is 8.45. The number of nitrogens with one attached hydrogen (secondary N) is 2.